The van der Waals surface area contributed by atoms with Gasteiger partial charge in [0.2, 0.25) is 5.88 Å². The Morgan fingerprint density at radius 2 is 2.09 bits per heavy atom. The van der Waals surface area contributed by atoms with E-state index in [1.165, 1.54) is 0 Å². The third-order valence-electron chi connectivity index (χ3n) is 3.31. The Morgan fingerprint density at radius 1 is 1.22 bits per heavy atom. The molecule has 0 saturated carbocycles. The van der Waals surface area contributed by atoms with Gasteiger partial charge in [0.1, 0.15) is 12.3 Å². The topological polar surface area (TPSA) is 65.5 Å². The molecule has 0 unspecified atom stereocenters. The molecular formula is C16H11BrN4O2. The third-order valence-corrected chi connectivity index (χ3v) is 3.87. The fraction of sp³-hybridized carbons (Fsp3) is 0.0625. The van der Waals surface area contributed by atoms with Gasteiger partial charge in [0.15, 0.2) is 11.4 Å². The molecule has 4 aromatic heterocycles. The van der Waals surface area contributed by atoms with Crippen LogP contribution in [0.25, 0.3) is 17.1 Å². The van der Waals surface area contributed by atoms with Crippen molar-refractivity contribution in [2.45, 2.75) is 6.61 Å². The molecule has 0 saturated heterocycles. The number of aromatic nitrogens is 4. The summed E-state index contributed by atoms with van der Waals surface area (Å²) in [5, 5.41) is 4.29. The van der Waals surface area contributed by atoms with E-state index in [2.05, 4.69) is 31.0 Å². The standard InChI is InChI=1S/C16H11BrN4O2/c17-12-9-19-21-15(23-10-11-3-5-18-6-4-11)8-13(20-16(12)21)14-2-1-7-22-14/h1-9H,10H2. The zero-order chi connectivity index (χ0) is 15.6. The van der Waals surface area contributed by atoms with Crippen LogP contribution in [-0.4, -0.2) is 19.6 Å². The van der Waals surface area contributed by atoms with E-state index in [1.807, 2.05) is 30.3 Å². The molecule has 4 rings (SSSR count). The van der Waals surface area contributed by atoms with Gasteiger partial charge in [0.05, 0.1) is 16.9 Å². The molecule has 23 heavy (non-hydrogen) atoms. The van der Waals surface area contributed by atoms with Crippen molar-refractivity contribution < 1.29 is 9.15 Å². The van der Waals surface area contributed by atoms with Crippen LogP contribution in [0.1, 0.15) is 5.56 Å². The Labute approximate surface area is 139 Å². The highest BCUT2D eigenvalue weighted by molar-refractivity contribution is 9.10. The lowest BCUT2D eigenvalue weighted by molar-refractivity contribution is 0.285. The van der Waals surface area contributed by atoms with Crippen LogP contribution in [0.15, 0.2) is 64.1 Å². The maximum Gasteiger partial charge on any atom is 0.219 e. The van der Waals surface area contributed by atoms with Crippen molar-refractivity contribution in [1.29, 1.82) is 0 Å². The van der Waals surface area contributed by atoms with Gasteiger partial charge in [-0.3, -0.25) is 4.98 Å². The number of hydrogen-bond acceptors (Lipinski definition) is 5. The summed E-state index contributed by atoms with van der Waals surface area (Å²) >= 11 is 3.45. The lowest BCUT2D eigenvalue weighted by atomic mass is 10.3. The van der Waals surface area contributed by atoms with Crippen molar-refractivity contribution in [3.8, 4) is 17.3 Å². The summed E-state index contributed by atoms with van der Waals surface area (Å²) in [5.74, 6) is 1.26. The van der Waals surface area contributed by atoms with Crippen molar-refractivity contribution in [3.63, 3.8) is 0 Å². The monoisotopic (exact) mass is 370 g/mol. The average Bonchev–Trinajstić information content (AvgIpc) is 3.24. The summed E-state index contributed by atoms with van der Waals surface area (Å²) in [4.78, 5) is 8.56. The molecule has 4 heterocycles. The zero-order valence-electron chi connectivity index (χ0n) is 11.9. The number of furan rings is 1. The largest absolute Gasteiger partial charge is 0.473 e. The maximum absolute atomic E-state index is 5.93. The smallest absolute Gasteiger partial charge is 0.219 e. The van der Waals surface area contributed by atoms with Gasteiger partial charge in [-0.05, 0) is 45.8 Å². The van der Waals surface area contributed by atoms with E-state index < -0.39 is 0 Å². The molecule has 0 bridgehead atoms. The van der Waals surface area contributed by atoms with Crippen LogP contribution in [0.4, 0.5) is 0 Å². The minimum atomic E-state index is 0.413. The minimum absolute atomic E-state index is 0.413. The number of rotatable bonds is 4. The third kappa shape index (κ3) is 2.70. The van der Waals surface area contributed by atoms with Gasteiger partial charge in [0, 0.05) is 18.5 Å². The Bertz CT molecular complexity index is 936. The summed E-state index contributed by atoms with van der Waals surface area (Å²) in [6.45, 7) is 0.413. The molecule has 0 aliphatic rings. The number of nitrogens with zero attached hydrogens (tertiary/aromatic N) is 4. The van der Waals surface area contributed by atoms with Crippen molar-refractivity contribution >= 4 is 21.6 Å². The molecule has 7 heteroatoms. The minimum Gasteiger partial charge on any atom is -0.473 e. The Balaban J connectivity index is 1.75. The maximum atomic E-state index is 5.93. The fourth-order valence-electron chi connectivity index (χ4n) is 2.20. The molecule has 0 spiro atoms. The molecule has 6 nitrogen and oxygen atoms in total. The van der Waals surface area contributed by atoms with Crippen LogP contribution in [-0.2, 0) is 6.61 Å². The molecule has 0 aliphatic carbocycles. The first kappa shape index (κ1) is 14.0. The normalized spacial score (nSPS) is 11.0. The lowest BCUT2D eigenvalue weighted by Gasteiger charge is -2.09. The second kappa shape index (κ2) is 5.85. The number of ether oxygens (including phenoxy) is 1. The predicted molar refractivity (Wildman–Crippen MR) is 87.0 cm³/mol. The molecule has 0 amide bonds. The van der Waals surface area contributed by atoms with Crippen LogP contribution in [0.5, 0.6) is 5.88 Å². The average molecular weight is 371 g/mol. The van der Waals surface area contributed by atoms with Crippen LogP contribution in [0, 0.1) is 0 Å². The van der Waals surface area contributed by atoms with Crippen LogP contribution in [0.3, 0.4) is 0 Å². The summed E-state index contributed by atoms with van der Waals surface area (Å²) in [7, 11) is 0. The SMILES string of the molecule is Brc1cnn2c(OCc3ccncc3)cc(-c3ccco3)nc12. The first-order valence-electron chi connectivity index (χ1n) is 6.91. The van der Waals surface area contributed by atoms with Crippen LogP contribution in [0.2, 0.25) is 0 Å². The van der Waals surface area contributed by atoms with E-state index in [-0.39, 0.29) is 0 Å². The van der Waals surface area contributed by atoms with E-state index >= 15 is 0 Å². The molecule has 0 atom stereocenters. The first-order valence-corrected chi connectivity index (χ1v) is 7.70. The molecule has 0 aromatic carbocycles. The number of pyridine rings is 1. The van der Waals surface area contributed by atoms with E-state index in [9.17, 15) is 0 Å². The van der Waals surface area contributed by atoms with Gasteiger partial charge in [-0.15, -0.1) is 0 Å². The second-order valence-electron chi connectivity index (χ2n) is 4.83. The fourth-order valence-corrected chi connectivity index (χ4v) is 2.55. The highest BCUT2D eigenvalue weighted by Crippen LogP contribution is 2.27. The van der Waals surface area contributed by atoms with E-state index in [0.717, 1.165) is 10.0 Å². The summed E-state index contributed by atoms with van der Waals surface area (Å²) in [6.07, 6.45) is 6.77. The summed E-state index contributed by atoms with van der Waals surface area (Å²) in [6, 6.07) is 9.31. The second-order valence-corrected chi connectivity index (χ2v) is 5.68. The van der Waals surface area contributed by atoms with Crippen molar-refractivity contribution in [1.82, 2.24) is 19.6 Å². The quantitative estimate of drug-likeness (QED) is 0.547. The Kier molecular flexibility index (Phi) is 3.55. The Hall–Kier alpha value is -2.67. The molecule has 114 valence electrons. The molecular weight excluding hydrogens is 360 g/mol. The van der Waals surface area contributed by atoms with Crippen molar-refractivity contribution in [3.05, 3.63) is 65.2 Å². The molecule has 0 radical (unpaired) electrons. The van der Waals surface area contributed by atoms with Crippen molar-refractivity contribution in [2.24, 2.45) is 0 Å². The molecule has 0 N–H and O–H groups in total. The molecule has 0 fully saturated rings. The van der Waals surface area contributed by atoms with Gasteiger partial charge in [-0.1, -0.05) is 0 Å². The van der Waals surface area contributed by atoms with E-state index in [1.54, 1.807) is 29.4 Å². The van der Waals surface area contributed by atoms with Gasteiger partial charge in [0.25, 0.3) is 0 Å². The number of fused-ring (bicyclic) bond motifs is 1. The highest BCUT2D eigenvalue weighted by Gasteiger charge is 2.13. The molecule has 4 aromatic rings. The van der Waals surface area contributed by atoms with Crippen molar-refractivity contribution in [2.75, 3.05) is 0 Å². The van der Waals surface area contributed by atoms with Gasteiger partial charge in [-0.2, -0.15) is 9.61 Å². The zero-order valence-corrected chi connectivity index (χ0v) is 13.5. The highest BCUT2D eigenvalue weighted by atomic mass is 79.9. The van der Waals surface area contributed by atoms with Crippen LogP contribution >= 0.6 is 15.9 Å². The van der Waals surface area contributed by atoms with Crippen LogP contribution < -0.4 is 4.74 Å². The summed E-state index contributed by atoms with van der Waals surface area (Å²) in [5.41, 5.74) is 2.38. The number of halogens is 1. The van der Waals surface area contributed by atoms with E-state index in [0.29, 0.717) is 29.6 Å². The Morgan fingerprint density at radius 3 is 2.87 bits per heavy atom. The number of hydrogen-bond donors (Lipinski definition) is 0. The molecule has 0 aliphatic heterocycles. The van der Waals surface area contributed by atoms with Gasteiger partial charge >= 0.3 is 0 Å². The lowest BCUT2D eigenvalue weighted by Crippen LogP contribution is -2.03. The first-order chi connectivity index (χ1) is 11.3. The van der Waals surface area contributed by atoms with Gasteiger partial charge in [-0.25, -0.2) is 4.98 Å². The predicted octanol–water partition coefficient (Wildman–Crippen LogP) is 3.73. The van der Waals surface area contributed by atoms with E-state index in [4.69, 9.17) is 9.15 Å². The summed E-state index contributed by atoms with van der Waals surface area (Å²) < 4.78 is 13.8. The van der Waals surface area contributed by atoms with Gasteiger partial charge < -0.3 is 9.15 Å².